The van der Waals surface area contributed by atoms with Gasteiger partial charge in [0.2, 0.25) is 0 Å². The maximum atomic E-state index is 11.1. The number of nitriles is 2. The number of aryl methyl sites for hydroxylation is 1. The van der Waals surface area contributed by atoms with Gasteiger partial charge in [0.1, 0.15) is 17.7 Å². The first-order valence-electron chi connectivity index (χ1n) is 8.12. The molecular formula is C21H21N3O. The van der Waals surface area contributed by atoms with E-state index in [4.69, 9.17) is 10.5 Å². The highest BCUT2D eigenvalue weighted by molar-refractivity contribution is 5.67. The Kier molecular flexibility index (Phi) is 5.60. The molecule has 4 nitrogen and oxygen atoms in total. The van der Waals surface area contributed by atoms with Crippen LogP contribution >= 0.6 is 0 Å². The van der Waals surface area contributed by atoms with Crippen molar-refractivity contribution in [2.24, 2.45) is 0 Å². The molecule has 1 N–H and O–H groups in total. The van der Waals surface area contributed by atoms with Crippen molar-refractivity contribution in [3.8, 4) is 12.1 Å². The van der Waals surface area contributed by atoms with E-state index in [1.165, 1.54) is 0 Å². The molecule has 0 radical (unpaired) electrons. The smallest absolute Gasteiger partial charge is 0.161 e. The molecule has 0 saturated carbocycles. The topological polar surface area (TPSA) is 71.0 Å². The molecule has 2 rings (SSSR count). The van der Waals surface area contributed by atoms with E-state index >= 15 is 0 Å². The standard InChI is InChI=1S/C21H21N3O/c1-4-24(21(3,25)19-8-6-5-7-9-19)20-11-10-18(16(2)12-20)13-17(14-22)15-23/h5-13,25H,4H2,1-3H3. The van der Waals surface area contributed by atoms with Crippen LogP contribution in [0.2, 0.25) is 0 Å². The zero-order chi connectivity index (χ0) is 18.4. The molecule has 1 atom stereocenters. The van der Waals surface area contributed by atoms with Gasteiger partial charge in [0.05, 0.1) is 0 Å². The molecule has 0 heterocycles. The van der Waals surface area contributed by atoms with Gasteiger partial charge in [-0.05, 0) is 50.1 Å². The van der Waals surface area contributed by atoms with Crippen molar-refractivity contribution < 1.29 is 5.11 Å². The summed E-state index contributed by atoms with van der Waals surface area (Å²) in [5, 5.41) is 28.9. The lowest BCUT2D eigenvalue weighted by molar-refractivity contribution is 0.0537. The molecule has 0 aliphatic heterocycles. The molecule has 0 fully saturated rings. The molecule has 0 bridgehead atoms. The van der Waals surface area contributed by atoms with Crippen LogP contribution in [0, 0.1) is 29.6 Å². The van der Waals surface area contributed by atoms with Crippen molar-refractivity contribution in [2.75, 3.05) is 11.4 Å². The molecule has 0 spiro atoms. The third-order valence-corrected chi connectivity index (χ3v) is 4.27. The van der Waals surface area contributed by atoms with E-state index in [1.54, 1.807) is 13.0 Å². The van der Waals surface area contributed by atoms with Gasteiger partial charge in [-0.15, -0.1) is 0 Å². The first kappa shape index (κ1) is 18.3. The maximum absolute atomic E-state index is 11.1. The summed E-state index contributed by atoms with van der Waals surface area (Å²) in [4.78, 5) is 1.92. The summed E-state index contributed by atoms with van der Waals surface area (Å²) >= 11 is 0. The van der Waals surface area contributed by atoms with Crippen LogP contribution in [0.1, 0.15) is 30.5 Å². The minimum Gasteiger partial charge on any atom is -0.367 e. The van der Waals surface area contributed by atoms with E-state index in [1.807, 2.05) is 79.4 Å². The van der Waals surface area contributed by atoms with E-state index in [-0.39, 0.29) is 5.57 Å². The summed E-state index contributed by atoms with van der Waals surface area (Å²) in [6, 6.07) is 19.0. The van der Waals surface area contributed by atoms with Crippen LogP contribution in [0.15, 0.2) is 54.1 Å². The molecule has 25 heavy (non-hydrogen) atoms. The fourth-order valence-corrected chi connectivity index (χ4v) is 2.89. The van der Waals surface area contributed by atoms with Gasteiger partial charge in [-0.25, -0.2) is 0 Å². The fourth-order valence-electron chi connectivity index (χ4n) is 2.89. The van der Waals surface area contributed by atoms with Gasteiger partial charge in [-0.1, -0.05) is 36.4 Å². The molecule has 0 aliphatic carbocycles. The van der Waals surface area contributed by atoms with E-state index in [9.17, 15) is 5.11 Å². The van der Waals surface area contributed by atoms with E-state index < -0.39 is 5.72 Å². The first-order chi connectivity index (χ1) is 11.9. The Morgan fingerprint density at radius 3 is 2.32 bits per heavy atom. The Morgan fingerprint density at radius 1 is 1.16 bits per heavy atom. The second-order valence-corrected chi connectivity index (χ2v) is 5.95. The highest BCUT2D eigenvalue weighted by atomic mass is 16.3. The number of allylic oxidation sites excluding steroid dienone is 1. The number of benzene rings is 2. The highest BCUT2D eigenvalue weighted by Crippen LogP contribution is 2.31. The zero-order valence-corrected chi connectivity index (χ0v) is 14.7. The normalized spacial score (nSPS) is 12.4. The largest absolute Gasteiger partial charge is 0.367 e. The molecule has 1 unspecified atom stereocenters. The second-order valence-electron chi connectivity index (χ2n) is 5.95. The van der Waals surface area contributed by atoms with Crippen molar-refractivity contribution in [3.05, 3.63) is 70.8 Å². The molecule has 4 heteroatoms. The minimum absolute atomic E-state index is 0.0690. The van der Waals surface area contributed by atoms with Gasteiger partial charge in [-0.2, -0.15) is 10.5 Å². The van der Waals surface area contributed by atoms with E-state index in [0.717, 1.165) is 22.4 Å². The summed E-state index contributed by atoms with van der Waals surface area (Å²) in [6.45, 7) is 6.31. The second kappa shape index (κ2) is 7.66. The van der Waals surface area contributed by atoms with Gasteiger partial charge in [0.15, 0.2) is 5.72 Å². The summed E-state index contributed by atoms with van der Waals surface area (Å²) < 4.78 is 0. The molecule has 0 amide bonds. The third kappa shape index (κ3) is 3.88. The fraction of sp³-hybridized carbons (Fsp3) is 0.238. The number of aliphatic hydroxyl groups is 1. The van der Waals surface area contributed by atoms with Gasteiger partial charge in [-0.3, -0.25) is 0 Å². The third-order valence-electron chi connectivity index (χ3n) is 4.27. The Balaban J connectivity index is 2.43. The van der Waals surface area contributed by atoms with Crippen LogP contribution in [-0.2, 0) is 5.72 Å². The maximum Gasteiger partial charge on any atom is 0.161 e. The Morgan fingerprint density at radius 2 is 1.80 bits per heavy atom. The Bertz CT molecular complexity index is 839. The molecule has 0 saturated heterocycles. The van der Waals surface area contributed by atoms with Crippen LogP contribution in [0.5, 0.6) is 0 Å². The van der Waals surface area contributed by atoms with Gasteiger partial charge < -0.3 is 10.0 Å². The molecule has 0 aliphatic rings. The molecular weight excluding hydrogens is 310 g/mol. The van der Waals surface area contributed by atoms with Crippen LogP contribution < -0.4 is 4.90 Å². The lowest BCUT2D eigenvalue weighted by Gasteiger charge is -2.38. The number of hydrogen-bond acceptors (Lipinski definition) is 4. The number of nitrogens with zero attached hydrogens (tertiary/aromatic N) is 3. The highest BCUT2D eigenvalue weighted by Gasteiger charge is 2.30. The quantitative estimate of drug-likeness (QED) is 0.661. The monoisotopic (exact) mass is 331 g/mol. The first-order valence-corrected chi connectivity index (χ1v) is 8.12. The van der Waals surface area contributed by atoms with Crippen LogP contribution in [0.25, 0.3) is 6.08 Å². The van der Waals surface area contributed by atoms with Crippen LogP contribution in [0.4, 0.5) is 5.69 Å². The zero-order valence-electron chi connectivity index (χ0n) is 14.7. The van der Waals surface area contributed by atoms with E-state index in [2.05, 4.69) is 0 Å². The molecule has 2 aromatic carbocycles. The Labute approximate surface area is 148 Å². The number of rotatable bonds is 5. The van der Waals surface area contributed by atoms with Gasteiger partial charge in [0.25, 0.3) is 0 Å². The SMILES string of the molecule is CCN(c1ccc(C=C(C#N)C#N)c(C)c1)C(C)(O)c1ccccc1. The van der Waals surface area contributed by atoms with Crippen molar-refractivity contribution >= 4 is 11.8 Å². The molecule has 2 aromatic rings. The lowest BCUT2D eigenvalue weighted by atomic mass is 10.00. The van der Waals surface area contributed by atoms with Crippen molar-refractivity contribution in [3.63, 3.8) is 0 Å². The van der Waals surface area contributed by atoms with Crippen molar-refractivity contribution in [1.82, 2.24) is 0 Å². The lowest BCUT2D eigenvalue weighted by Crippen LogP contribution is -2.44. The van der Waals surface area contributed by atoms with Crippen molar-refractivity contribution in [1.29, 1.82) is 10.5 Å². The molecule has 126 valence electrons. The summed E-state index contributed by atoms with van der Waals surface area (Å²) in [6.07, 6.45) is 1.57. The van der Waals surface area contributed by atoms with Crippen LogP contribution in [-0.4, -0.2) is 11.7 Å². The minimum atomic E-state index is -1.15. The number of anilines is 1. The average Bonchev–Trinajstić information content (AvgIpc) is 2.62. The summed E-state index contributed by atoms with van der Waals surface area (Å²) in [5.41, 5.74) is 2.36. The predicted molar refractivity (Wildman–Crippen MR) is 99.4 cm³/mol. The summed E-state index contributed by atoms with van der Waals surface area (Å²) in [7, 11) is 0. The van der Waals surface area contributed by atoms with Crippen molar-refractivity contribution in [2.45, 2.75) is 26.5 Å². The van der Waals surface area contributed by atoms with E-state index in [0.29, 0.717) is 6.54 Å². The Hall–Kier alpha value is -3.08. The summed E-state index contributed by atoms with van der Waals surface area (Å²) in [5.74, 6) is 0. The average molecular weight is 331 g/mol. The van der Waals surface area contributed by atoms with Crippen LogP contribution in [0.3, 0.4) is 0 Å². The van der Waals surface area contributed by atoms with Gasteiger partial charge >= 0.3 is 0 Å². The predicted octanol–water partition coefficient (Wildman–Crippen LogP) is 4.12. The number of hydrogen-bond donors (Lipinski definition) is 1. The van der Waals surface area contributed by atoms with Gasteiger partial charge in [0, 0.05) is 17.8 Å². The molecule has 0 aromatic heterocycles.